The van der Waals surface area contributed by atoms with E-state index in [9.17, 15) is 18.0 Å². The number of sulfonamides is 1. The summed E-state index contributed by atoms with van der Waals surface area (Å²) in [5.74, 6) is -0.629. The van der Waals surface area contributed by atoms with Gasteiger partial charge in [-0.15, -0.1) is 0 Å². The first kappa shape index (κ1) is 27.8. The lowest BCUT2D eigenvalue weighted by Crippen LogP contribution is -2.51. The first-order chi connectivity index (χ1) is 16.0. The van der Waals surface area contributed by atoms with E-state index in [-0.39, 0.29) is 18.1 Å². The van der Waals surface area contributed by atoms with Crippen LogP contribution in [0.25, 0.3) is 0 Å². The average molecular weight is 530 g/mol. The molecule has 1 N–H and O–H groups in total. The van der Waals surface area contributed by atoms with Gasteiger partial charge in [0.05, 0.1) is 18.6 Å². The van der Waals surface area contributed by atoms with Crippen molar-refractivity contribution in [3.63, 3.8) is 0 Å². The topological polar surface area (TPSA) is 96.0 Å². The summed E-state index contributed by atoms with van der Waals surface area (Å²) >= 11 is 12.3. The van der Waals surface area contributed by atoms with Crippen LogP contribution in [0, 0.1) is 0 Å². The highest BCUT2D eigenvalue weighted by atomic mass is 35.5. The lowest BCUT2D eigenvalue weighted by molar-refractivity contribution is -0.139. The first-order valence-corrected chi connectivity index (χ1v) is 13.3. The van der Waals surface area contributed by atoms with Crippen molar-refractivity contribution in [3.05, 3.63) is 58.1 Å². The number of anilines is 1. The van der Waals surface area contributed by atoms with Crippen molar-refractivity contribution in [1.29, 1.82) is 0 Å². The summed E-state index contributed by atoms with van der Waals surface area (Å²) in [6, 6.07) is 10.5. The van der Waals surface area contributed by atoms with Crippen molar-refractivity contribution in [2.24, 2.45) is 0 Å². The number of likely N-dealkylation sites (N-methyl/N-ethyl adjacent to an activating group) is 1. The second-order valence-electron chi connectivity index (χ2n) is 7.50. The van der Waals surface area contributed by atoms with Crippen molar-refractivity contribution < 1.29 is 22.7 Å². The number of carbonyl (C=O) groups excluding carboxylic acids is 2. The second kappa shape index (κ2) is 12.3. The lowest BCUT2D eigenvalue weighted by Gasteiger charge is -2.32. The quantitative estimate of drug-likeness (QED) is 0.478. The number of halogens is 2. The third kappa shape index (κ3) is 7.25. The zero-order valence-electron chi connectivity index (χ0n) is 19.5. The van der Waals surface area contributed by atoms with E-state index >= 15 is 0 Å². The van der Waals surface area contributed by atoms with E-state index in [0.29, 0.717) is 34.5 Å². The van der Waals surface area contributed by atoms with Gasteiger partial charge in [-0.05, 0) is 50.6 Å². The van der Waals surface area contributed by atoms with Gasteiger partial charge in [0.15, 0.2) is 0 Å². The summed E-state index contributed by atoms with van der Waals surface area (Å²) < 4.78 is 31.9. The van der Waals surface area contributed by atoms with Gasteiger partial charge >= 0.3 is 0 Å². The lowest BCUT2D eigenvalue weighted by atomic mass is 10.1. The summed E-state index contributed by atoms with van der Waals surface area (Å²) in [5.41, 5.74) is 0.798. The zero-order valence-corrected chi connectivity index (χ0v) is 21.9. The van der Waals surface area contributed by atoms with Crippen LogP contribution < -0.4 is 14.4 Å². The minimum atomic E-state index is -3.87. The average Bonchev–Trinajstić information content (AvgIpc) is 2.76. The van der Waals surface area contributed by atoms with Crippen LogP contribution in [0.3, 0.4) is 0 Å². The molecule has 0 bridgehead atoms. The predicted molar refractivity (Wildman–Crippen MR) is 135 cm³/mol. The largest absolute Gasteiger partial charge is 0.492 e. The van der Waals surface area contributed by atoms with Gasteiger partial charge in [0, 0.05) is 23.1 Å². The van der Waals surface area contributed by atoms with Gasteiger partial charge in [0.2, 0.25) is 21.8 Å². The number of rotatable bonds is 11. The molecule has 34 heavy (non-hydrogen) atoms. The standard InChI is InChI=1S/C23H29Cl2N3O5S/c1-5-26-23(30)16(3)27(14-17-11-12-18(24)13-19(17)25)22(29)15-28(34(4,31)32)20-9-7-8-10-21(20)33-6-2/h7-13,16H,5-6,14-15H2,1-4H3,(H,26,30)/t16-/m0/s1. The number of ether oxygens (including phenoxy) is 1. The van der Waals surface area contributed by atoms with Crippen LogP contribution in [0.4, 0.5) is 5.69 Å². The van der Waals surface area contributed by atoms with Gasteiger partial charge in [-0.2, -0.15) is 0 Å². The van der Waals surface area contributed by atoms with Crippen molar-refractivity contribution >= 4 is 50.7 Å². The highest BCUT2D eigenvalue weighted by Gasteiger charge is 2.31. The molecule has 0 saturated heterocycles. The Hall–Kier alpha value is -2.49. The SMILES string of the molecule is CCNC(=O)[C@H](C)N(Cc1ccc(Cl)cc1Cl)C(=O)CN(c1ccccc1OCC)S(C)(=O)=O. The molecule has 0 saturated carbocycles. The maximum atomic E-state index is 13.5. The molecule has 2 amide bonds. The fraction of sp³-hybridized carbons (Fsp3) is 0.391. The molecule has 0 fully saturated rings. The van der Waals surface area contributed by atoms with E-state index in [0.717, 1.165) is 10.6 Å². The third-order valence-electron chi connectivity index (χ3n) is 4.99. The summed E-state index contributed by atoms with van der Waals surface area (Å²) in [6.07, 6.45) is 1.01. The third-order valence-corrected chi connectivity index (χ3v) is 6.70. The van der Waals surface area contributed by atoms with Crippen molar-refractivity contribution in [1.82, 2.24) is 10.2 Å². The molecular weight excluding hydrogens is 501 g/mol. The number of amides is 2. The molecule has 2 rings (SSSR count). The maximum Gasteiger partial charge on any atom is 0.244 e. The molecule has 0 aromatic heterocycles. The van der Waals surface area contributed by atoms with Gasteiger partial charge in [0.1, 0.15) is 18.3 Å². The Bertz CT molecular complexity index is 1130. The molecule has 11 heteroatoms. The van der Waals surface area contributed by atoms with Crippen LogP contribution in [-0.2, 0) is 26.2 Å². The minimum absolute atomic E-state index is 0.0160. The molecule has 0 heterocycles. The molecule has 0 aliphatic rings. The van der Waals surface area contributed by atoms with Gasteiger partial charge in [-0.25, -0.2) is 8.42 Å². The Kier molecular flexibility index (Phi) is 10.0. The number of benzene rings is 2. The summed E-state index contributed by atoms with van der Waals surface area (Å²) in [5, 5.41) is 3.45. The van der Waals surface area contributed by atoms with Gasteiger partial charge in [0.25, 0.3) is 0 Å². The Labute approximate surface area is 210 Å². The van der Waals surface area contributed by atoms with Gasteiger partial charge in [-0.1, -0.05) is 41.4 Å². The highest BCUT2D eigenvalue weighted by molar-refractivity contribution is 7.92. The van der Waals surface area contributed by atoms with Crippen LogP contribution in [0.5, 0.6) is 5.75 Å². The van der Waals surface area contributed by atoms with Crippen molar-refractivity contribution in [2.45, 2.75) is 33.4 Å². The van der Waals surface area contributed by atoms with E-state index in [1.807, 2.05) is 0 Å². The second-order valence-corrected chi connectivity index (χ2v) is 10.2. The smallest absolute Gasteiger partial charge is 0.244 e. The number of para-hydroxylation sites is 2. The fourth-order valence-electron chi connectivity index (χ4n) is 3.27. The Balaban J connectivity index is 2.46. The van der Waals surface area contributed by atoms with Crippen LogP contribution in [-0.4, -0.2) is 57.1 Å². The van der Waals surface area contributed by atoms with E-state index in [2.05, 4.69) is 5.32 Å². The van der Waals surface area contributed by atoms with Crippen LogP contribution in [0.1, 0.15) is 26.3 Å². The highest BCUT2D eigenvalue weighted by Crippen LogP contribution is 2.30. The molecule has 0 aliphatic heterocycles. The number of nitrogens with zero attached hydrogens (tertiary/aromatic N) is 2. The Morgan fingerprint density at radius 2 is 1.79 bits per heavy atom. The van der Waals surface area contributed by atoms with Crippen LogP contribution >= 0.6 is 23.2 Å². The van der Waals surface area contributed by atoms with Crippen molar-refractivity contribution in [2.75, 3.05) is 30.3 Å². The molecule has 0 radical (unpaired) electrons. The number of hydrogen-bond acceptors (Lipinski definition) is 5. The Morgan fingerprint density at radius 3 is 2.38 bits per heavy atom. The molecule has 0 unspecified atom stereocenters. The molecule has 8 nitrogen and oxygen atoms in total. The zero-order chi connectivity index (χ0) is 25.5. The molecule has 0 aliphatic carbocycles. The van der Waals surface area contributed by atoms with Crippen LogP contribution in [0.15, 0.2) is 42.5 Å². The van der Waals surface area contributed by atoms with E-state index in [1.54, 1.807) is 63.2 Å². The molecular formula is C23H29Cl2N3O5S. The monoisotopic (exact) mass is 529 g/mol. The predicted octanol–water partition coefficient (Wildman–Crippen LogP) is 3.71. The van der Waals surface area contributed by atoms with Gasteiger partial charge in [-0.3, -0.25) is 13.9 Å². The number of nitrogens with one attached hydrogen (secondary N) is 1. The van der Waals surface area contributed by atoms with Gasteiger partial charge < -0.3 is 15.0 Å². The maximum absolute atomic E-state index is 13.5. The number of hydrogen-bond donors (Lipinski definition) is 1. The number of carbonyl (C=O) groups is 2. The summed E-state index contributed by atoms with van der Waals surface area (Å²) in [7, 11) is -3.87. The minimum Gasteiger partial charge on any atom is -0.492 e. The molecule has 186 valence electrons. The van der Waals surface area contributed by atoms with E-state index < -0.39 is 28.5 Å². The fourth-order valence-corrected chi connectivity index (χ4v) is 4.59. The molecule has 1 atom stereocenters. The molecule has 2 aromatic carbocycles. The van der Waals surface area contributed by atoms with Crippen molar-refractivity contribution in [3.8, 4) is 5.75 Å². The normalized spacial score (nSPS) is 12.1. The van der Waals surface area contributed by atoms with Crippen LogP contribution in [0.2, 0.25) is 10.0 Å². The summed E-state index contributed by atoms with van der Waals surface area (Å²) in [6.45, 7) is 5.27. The van der Waals surface area contributed by atoms with E-state index in [4.69, 9.17) is 27.9 Å². The first-order valence-electron chi connectivity index (χ1n) is 10.7. The molecule has 0 spiro atoms. The Morgan fingerprint density at radius 1 is 1.12 bits per heavy atom. The summed E-state index contributed by atoms with van der Waals surface area (Å²) in [4.78, 5) is 27.4. The van der Waals surface area contributed by atoms with E-state index in [1.165, 1.54) is 4.90 Å². The molecule has 2 aromatic rings.